The molecule has 0 amide bonds. The molecule has 0 bridgehead atoms. The summed E-state index contributed by atoms with van der Waals surface area (Å²) in [6, 6.07) is 0. The standard InChI is InChI=1S/C18H38O4S/c1-2-3-4-5-6-7-8-9-10-11-12-15-18(19)16-13-14-17-23(20,21)22/h18-19H,2-17H2,1H3,(H,20,21,22). The predicted molar refractivity (Wildman–Crippen MR) is 97.4 cm³/mol. The maximum absolute atomic E-state index is 10.6. The Balaban J connectivity index is 3.22. The first-order valence-corrected chi connectivity index (χ1v) is 11.2. The van der Waals surface area contributed by atoms with Crippen LogP contribution >= 0.6 is 0 Å². The molecule has 1 unspecified atom stereocenters. The second kappa shape index (κ2) is 15.4. The van der Waals surface area contributed by atoms with Crippen molar-refractivity contribution in [2.75, 3.05) is 5.75 Å². The van der Waals surface area contributed by atoms with Crippen molar-refractivity contribution >= 4 is 10.1 Å². The SMILES string of the molecule is CCCCCCCCCCCCCC(O)CCCCS(=O)(=O)O. The van der Waals surface area contributed by atoms with Crippen molar-refractivity contribution in [3.05, 3.63) is 0 Å². The quantitative estimate of drug-likeness (QED) is 0.282. The monoisotopic (exact) mass is 350 g/mol. The van der Waals surface area contributed by atoms with E-state index < -0.39 is 10.1 Å². The molecule has 0 aromatic rings. The van der Waals surface area contributed by atoms with Gasteiger partial charge in [-0.15, -0.1) is 0 Å². The van der Waals surface area contributed by atoms with Crippen LogP contribution in [-0.4, -0.2) is 29.9 Å². The van der Waals surface area contributed by atoms with Gasteiger partial charge >= 0.3 is 0 Å². The number of unbranched alkanes of at least 4 members (excludes halogenated alkanes) is 11. The Morgan fingerprint density at radius 3 is 1.52 bits per heavy atom. The summed E-state index contributed by atoms with van der Waals surface area (Å²) in [6.45, 7) is 2.25. The second-order valence-corrected chi connectivity index (χ2v) is 8.33. The van der Waals surface area contributed by atoms with Gasteiger partial charge in [0, 0.05) is 0 Å². The summed E-state index contributed by atoms with van der Waals surface area (Å²) in [6.07, 6.45) is 16.5. The van der Waals surface area contributed by atoms with Crippen LogP contribution in [0.2, 0.25) is 0 Å². The summed E-state index contributed by atoms with van der Waals surface area (Å²) >= 11 is 0. The molecule has 0 rings (SSSR count). The fraction of sp³-hybridized carbons (Fsp3) is 1.00. The van der Waals surface area contributed by atoms with Crippen LogP contribution in [0.3, 0.4) is 0 Å². The highest BCUT2D eigenvalue weighted by atomic mass is 32.2. The van der Waals surface area contributed by atoms with Crippen LogP contribution in [0.1, 0.15) is 103 Å². The molecule has 0 aliphatic rings. The van der Waals surface area contributed by atoms with E-state index in [-0.39, 0.29) is 11.9 Å². The molecule has 0 fully saturated rings. The normalized spacial score (nSPS) is 13.3. The van der Waals surface area contributed by atoms with Crippen molar-refractivity contribution in [1.29, 1.82) is 0 Å². The topological polar surface area (TPSA) is 74.6 Å². The van der Waals surface area contributed by atoms with E-state index in [9.17, 15) is 13.5 Å². The van der Waals surface area contributed by atoms with Crippen LogP contribution < -0.4 is 0 Å². The molecule has 1 atom stereocenters. The van der Waals surface area contributed by atoms with Gasteiger partial charge in [-0.3, -0.25) is 4.55 Å². The van der Waals surface area contributed by atoms with Gasteiger partial charge in [0.25, 0.3) is 10.1 Å². The molecule has 0 radical (unpaired) electrons. The third-order valence-corrected chi connectivity index (χ3v) is 5.14. The van der Waals surface area contributed by atoms with Crippen molar-refractivity contribution in [3.8, 4) is 0 Å². The van der Waals surface area contributed by atoms with Gasteiger partial charge in [0.15, 0.2) is 0 Å². The summed E-state index contributed by atoms with van der Waals surface area (Å²) in [5, 5.41) is 9.81. The second-order valence-electron chi connectivity index (χ2n) is 6.76. The Bertz CT molecular complexity index is 341. The summed E-state index contributed by atoms with van der Waals surface area (Å²) < 4.78 is 29.7. The molecule has 0 saturated carbocycles. The molecule has 140 valence electrons. The Morgan fingerprint density at radius 1 is 0.696 bits per heavy atom. The first-order valence-electron chi connectivity index (χ1n) is 9.59. The molecule has 0 aromatic heterocycles. The maximum atomic E-state index is 10.6. The molecule has 23 heavy (non-hydrogen) atoms. The van der Waals surface area contributed by atoms with Gasteiger partial charge in [0.2, 0.25) is 0 Å². The van der Waals surface area contributed by atoms with E-state index in [1.54, 1.807) is 0 Å². The summed E-state index contributed by atoms with van der Waals surface area (Å²) in [5.41, 5.74) is 0. The molecule has 4 nitrogen and oxygen atoms in total. The Labute approximate surface area is 143 Å². The fourth-order valence-electron chi connectivity index (χ4n) is 2.85. The lowest BCUT2D eigenvalue weighted by Crippen LogP contribution is -2.08. The Kier molecular flexibility index (Phi) is 15.3. The van der Waals surface area contributed by atoms with Gasteiger partial charge < -0.3 is 5.11 Å². The van der Waals surface area contributed by atoms with Crippen LogP contribution in [-0.2, 0) is 10.1 Å². The number of aliphatic hydroxyl groups is 1. The van der Waals surface area contributed by atoms with Gasteiger partial charge in [0.05, 0.1) is 11.9 Å². The lowest BCUT2D eigenvalue weighted by atomic mass is 10.0. The molecule has 2 N–H and O–H groups in total. The molecular weight excluding hydrogens is 312 g/mol. The van der Waals surface area contributed by atoms with Crippen molar-refractivity contribution in [3.63, 3.8) is 0 Å². The number of hydrogen-bond donors (Lipinski definition) is 2. The first-order chi connectivity index (χ1) is 11.0. The van der Waals surface area contributed by atoms with Crippen LogP contribution in [0, 0.1) is 0 Å². The van der Waals surface area contributed by atoms with Crippen molar-refractivity contribution in [2.45, 2.75) is 109 Å². The number of rotatable bonds is 17. The van der Waals surface area contributed by atoms with Crippen molar-refractivity contribution < 1.29 is 18.1 Å². The first kappa shape index (κ1) is 22.9. The Hall–Kier alpha value is -0.130. The van der Waals surface area contributed by atoms with Gasteiger partial charge in [0.1, 0.15) is 0 Å². The molecule has 0 aromatic carbocycles. The van der Waals surface area contributed by atoms with Gasteiger partial charge in [-0.2, -0.15) is 8.42 Å². The predicted octanol–water partition coefficient (Wildman–Crippen LogP) is 5.11. The van der Waals surface area contributed by atoms with Gasteiger partial charge in [-0.25, -0.2) is 0 Å². The zero-order valence-electron chi connectivity index (χ0n) is 15.0. The average Bonchev–Trinajstić information content (AvgIpc) is 2.48. The number of aliphatic hydroxyl groups excluding tert-OH is 1. The van der Waals surface area contributed by atoms with E-state index in [0.29, 0.717) is 19.3 Å². The maximum Gasteiger partial charge on any atom is 0.264 e. The van der Waals surface area contributed by atoms with E-state index in [4.69, 9.17) is 4.55 Å². The summed E-state index contributed by atoms with van der Waals surface area (Å²) in [4.78, 5) is 0. The highest BCUT2D eigenvalue weighted by Crippen LogP contribution is 2.14. The smallest absolute Gasteiger partial charge is 0.264 e. The van der Waals surface area contributed by atoms with Crippen molar-refractivity contribution in [1.82, 2.24) is 0 Å². The summed E-state index contributed by atoms with van der Waals surface area (Å²) in [7, 11) is -3.84. The van der Waals surface area contributed by atoms with Gasteiger partial charge in [-0.05, 0) is 25.7 Å². The van der Waals surface area contributed by atoms with E-state index in [2.05, 4.69) is 6.92 Å². The minimum absolute atomic E-state index is 0.196. The zero-order valence-corrected chi connectivity index (χ0v) is 15.8. The Morgan fingerprint density at radius 2 is 1.09 bits per heavy atom. The summed E-state index contributed by atoms with van der Waals surface area (Å²) in [5.74, 6) is -0.196. The van der Waals surface area contributed by atoms with Crippen molar-refractivity contribution in [2.24, 2.45) is 0 Å². The van der Waals surface area contributed by atoms with E-state index in [1.807, 2.05) is 0 Å². The van der Waals surface area contributed by atoms with E-state index >= 15 is 0 Å². The zero-order chi connectivity index (χ0) is 17.4. The molecule has 5 heteroatoms. The average molecular weight is 351 g/mol. The fourth-order valence-corrected chi connectivity index (χ4v) is 3.42. The molecular formula is C18H38O4S. The highest BCUT2D eigenvalue weighted by molar-refractivity contribution is 7.85. The van der Waals surface area contributed by atoms with E-state index in [0.717, 1.165) is 12.8 Å². The van der Waals surface area contributed by atoms with E-state index in [1.165, 1.54) is 64.2 Å². The minimum Gasteiger partial charge on any atom is -0.393 e. The van der Waals surface area contributed by atoms with Crippen LogP contribution in [0.25, 0.3) is 0 Å². The third kappa shape index (κ3) is 19.8. The molecule has 0 aliphatic heterocycles. The lowest BCUT2D eigenvalue weighted by Gasteiger charge is -2.10. The largest absolute Gasteiger partial charge is 0.393 e. The van der Waals surface area contributed by atoms with Crippen LogP contribution in [0.4, 0.5) is 0 Å². The van der Waals surface area contributed by atoms with Gasteiger partial charge in [-0.1, -0.05) is 77.6 Å². The molecule has 0 aliphatic carbocycles. The van der Waals surface area contributed by atoms with Crippen LogP contribution in [0.15, 0.2) is 0 Å². The van der Waals surface area contributed by atoms with Crippen LogP contribution in [0.5, 0.6) is 0 Å². The third-order valence-electron chi connectivity index (χ3n) is 4.33. The molecule has 0 spiro atoms. The highest BCUT2D eigenvalue weighted by Gasteiger charge is 2.07. The molecule has 0 saturated heterocycles. The minimum atomic E-state index is -3.84. The molecule has 0 heterocycles. The lowest BCUT2D eigenvalue weighted by molar-refractivity contribution is 0.148. The number of hydrogen-bond acceptors (Lipinski definition) is 3.